The average molecular weight is 352 g/mol. The van der Waals surface area contributed by atoms with E-state index in [1.165, 1.54) is 0 Å². The van der Waals surface area contributed by atoms with Crippen LogP contribution in [0.3, 0.4) is 0 Å². The zero-order chi connectivity index (χ0) is 18.2. The van der Waals surface area contributed by atoms with E-state index in [4.69, 9.17) is 23.7 Å². The second-order valence-electron chi connectivity index (χ2n) is 4.74. The highest BCUT2D eigenvalue weighted by Crippen LogP contribution is 2.10. The summed E-state index contributed by atoms with van der Waals surface area (Å²) in [6.45, 7) is 6.48. The van der Waals surface area contributed by atoms with E-state index in [0.29, 0.717) is 57.6 Å². The second-order valence-corrected chi connectivity index (χ2v) is 4.74. The molecule has 0 heterocycles. The molecule has 0 aliphatic heterocycles. The average Bonchev–Trinajstić information content (AvgIpc) is 2.65. The van der Waals surface area contributed by atoms with E-state index < -0.39 is 5.97 Å². The molecule has 0 fully saturated rings. The largest absolute Gasteiger partial charge is 0.491 e. The van der Waals surface area contributed by atoms with Crippen molar-refractivity contribution in [1.29, 1.82) is 0 Å². The molecule has 138 valence electrons. The lowest BCUT2D eigenvalue weighted by Crippen LogP contribution is -2.14. The van der Waals surface area contributed by atoms with Crippen LogP contribution in [0.15, 0.2) is 36.9 Å². The first kappa shape index (κ1) is 20.8. The zero-order valence-electron chi connectivity index (χ0n) is 14.2. The quantitative estimate of drug-likeness (QED) is 0.205. The molecule has 1 aromatic rings. The van der Waals surface area contributed by atoms with Gasteiger partial charge in [0, 0.05) is 11.6 Å². The van der Waals surface area contributed by atoms with E-state index in [2.05, 4.69) is 6.58 Å². The van der Waals surface area contributed by atoms with Gasteiger partial charge in [-0.25, -0.2) is 4.79 Å². The van der Waals surface area contributed by atoms with Gasteiger partial charge in [-0.2, -0.15) is 0 Å². The Hall–Kier alpha value is -2.22. The summed E-state index contributed by atoms with van der Waals surface area (Å²) in [5, 5.41) is 0. The highest BCUT2D eigenvalue weighted by atomic mass is 16.6. The first-order chi connectivity index (χ1) is 12.3. The fourth-order valence-corrected chi connectivity index (χ4v) is 1.66. The van der Waals surface area contributed by atoms with Crippen molar-refractivity contribution in [3.05, 3.63) is 42.5 Å². The van der Waals surface area contributed by atoms with Crippen LogP contribution in [0.5, 0.6) is 5.75 Å². The maximum absolute atomic E-state index is 10.7. The molecule has 0 spiro atoms. The van der Waals surface area contributed by atoms with Crippen LogP contribution in [0.2, 0.25) is 0 Å². The summed E-state index contributed by atoms with van der Waals surface area (Å²) >= 11 is 0. The Bertz CT molecular complexity index is 499. The first-order valence-electron chi connectivity index (χ1n) is 7.96. The Morgan fingerprint density at radius 2 is 1.36 bits per heavy atom. The molecule has 0 radical (unpaired) electrons. The van der Waals surface area contributed by atoms with Gasteiger partial charge in [-0.1, -0.05) is 6.58 Å². The normalized spacial score (nSPS) is 10.2. The van der Waals surface area contributed by atoms with Crippen LogP contribution in [0, 0.1) is 0 Å². The van der Waals surface area contributed by atoms with Crippen LogP contribution in [0.4, 0.5) is 0 Å². The number of hydrogen-bond acceptors (Lipinski definition) is 7. The van der Waals surface area contributed by atoms with E-state index in [1.54, 1.807) is 24.3 Å². The summed E-state index contributed by atoms with van der Waals surface area (Å²) in [5.41, 5.74) is 0.613. The number of carbonyl (C=O) groups is 2. The topological polar surface area (TPSA) is 80.3 Å². The predicted molar refractivity (Wildman–Crippen MR) is 90.9 cm³/mol. The number of benzene rings is 1. The van der Waals surface area contributed by atoms with E-state index in [1.807, 2.05) is 0 Å². The molecule has 0 unspecified atom stereocenters. The molecular formula is C18H24O7. The Morgan fingerprint density at radius 1 is 0.840 bits per heavy atom. The Kier molecular flexibility index (Phi) is 11.8. The maximum Gasteiger partial charge on any atom is 0.330 e. The molecule has 0 saturated carbocycles. The molecule has 0 aromatic heterocycles. The summed E-state index contributed by atoms with van der Waals surface area (Å²) in [6, 6.07) is 6.88. The number of rotatable bonds is 15. The van der Waals surface area contributed by atoms with Crippen LogP contribution in [0.25, 0.3) is 0 Å². The number of esters is 1. The summed E-state index contributed by atoms with van der Waals surface area (Å²) in [7, 11) is 0. The minimum Gasteiger partial charge on any atom is -0.491 e. The summed E-state index contributed by atoms with van der Waals surface area (Å²) in [5.74, 6) is 0.236. The molecule has 25 heavy (non-hydrogen) atoms. The SMILES string of the molecule is C=CC(=O)OCCOCCOCCOCCOc1ccc(C=O)cc1. The van der Waals surface area contributed by atoms with Gasteiger partial charge in [-0.3, -0.25) is 4.79 Å². The van der Waals surface area contributed by atoms with E-state index in [-0.39, 0.29) is 6.61 Å². The van der Waals surface area contributed by atoms with Crippen LogP contribution >= 0.6 is 0 Å². The molecular weight excluding hydrogens is 328 g/mol. The van der Waals surface area contributed by atoms with E-state index in [0.717, 1.165) is 12.4 Å². The smallest absolute Gasteiger partial charge is 0.330 e. The van der Waals surface area contributed by atoms with E-state index >= 15 is 0 Å². The van der Waals surface area contributed by atoms with Crippen LogP contribution in [0.1, 0.15) is 10.4 Å². The van der Waals surface area contributed by atoms with Gasteiger partial charge in [0.15, 0.2) is 0 Å². The van der Waals surface area contributed by atoms with Crippen molar-refractivity contribution in [2.75, 3.05) is 52.9 Å². The zero-order valence-corrected chi connectivity index (χ0v) is 14.2. The number of hydrogen-bond donors (Lipinski definition) is 0. The van der Waals surface area contributed by atoms with Gasteiger partial charge in [0.05, 0.1) is 39.6 Å². The Labute approximate surface area is 147 Å². The third-order valence-corrected chi connectivity index (χ3v) is 2.90. The van der Waals surface area contributed by atoms with Gasteiger partial charge >= 0.3 is 5.97 Å². The highest BCUT2D eigenvalue weighted by Gasteiger charge is 1.97. The minimum absolute atomic E-state index is 0.200. The lowest BCUT2D eigenvalue weighted by molar-refractivity contribution is -0.139. The molecule has 0 aliphatic rings. The molecule has 7 nitrogen and oxygen atoms in total. The van der Waals surface area contributed by atoms with Crippen LogP contribution in [-0.2, 0) is 23.7 Å². The van der Waals surface area contributed by atoms with Crippen molar-refractivity contribution in [3.63, 3.8) is 0 Å². The van der Waals surface area contributed by atoms with Crippen LogP contribution in [-0.4, -0.2) is 65.1 Å². The Balaban J connectivity index is 1.83. The van der Waals surface area contributed by atoms with E-state index in [9.17, 15) is 9.59 Å². The molecule has 1 rings (SSSR count). The maximum atomic E-state index is 10.7. The van der Waals surface area contributed by atoms with Gasteiger partial charge in [0.2, 0.25) is 0 Å². The molecule has 0 aliphatic carbocycles. The van der Waals surface area contributed by atoms with Gasteiger partial charge in [0.25, 0.3) is 0 Å². The van der Waals surface area contributed by atoms with Gasteiger partial charge in [0.1, 0.15) is 25.2 Å². The van der Waals surface area contributed by atoms with Crippen molar-refractivity contribution >= 4 is 12.3 Å². The summed E-state index contributed by atoms with van der Waals surface area (Å²) in [4.78, 5) is 21.3. The number of carbonyl (C=O) groups excluding carboxylic acids is 2. The molecule has 1 aromatic carbocycles. The number of ether oxygens (including phenoxy) is 5. The van der Waals surface area contributed by atoms with Crippen molar-refractivity contribution in [2.24, 2.45) is 0 Å². The lowest BCUT2D eigenvalue weighted by atomic mass is 10.2. The first-order valence-corrected chi connectivity index (χ1v) is 7.96. The van der Waals surface area contributed by atoms with Crippen LogP contribution < -0.4 is 4.74 Å². The minimum atomic E-state index is -0.459. The number of aldehydes is 1. The third kappa shape index (κ3) is 11.0. The molecule has 0 atom stereocenters. The monoisotopic (exact) mass is 352 g/mol. The van der Waals surface area contributed by atoms with Gasteiger partial charge in [-0.05, 0) is 24.3 Å². The lowest BCUT2D eigenvalue weighted by Gasteiger charge is -2.08. The van der Waals surface area contributed by atoms with Crippen molar-refractivity contribution in [2.45, 2.75) is 0 Å². The Morgan fingerprint density at radius 3 is 1.88 bits per heavy atom. The highest BCUT2D eigenvalue weighted by molar-refractivity contribution is 5.81. The van der Waals surface area contributed by atoms with Gasteiger partial charge < -0.3 is 23.7 Å². The standard InChI is InChI=1S/C18H24O7/c1-2-18(20)25-14-12-23-10-8-21-7-9-22-11-13-24-17-5-3-16(15-19)4-6-17/h2-6,15H,1,7-14H2. The second kappa shape index (κ2) is 14.2. The molecule has 0 amide bonds. The van der Waals surface area contributed by atoms with Crippen molar-refractivity contribution in [3.8, 4) is 5.75 Å². The molecule has 0 saturated heterocycles. The molecule has 0 N–H and O–H groups in total. The molecule has 7 heteroatoms. The predicted octanol–water partition coefficient (Wildman–Crippen LogP) is 1.66. The fourth-order valence-electron chi connectivity index (χ4n) is 1.66. The van der Waals surface area contributed by atoms with Crippen molar-refractivity contribution in [1.82, 2.24) is 0 Å². The van der Waals surface area contributed by atoms with Crippen molar-refractivity contribution < 1.29 is 33.3 Å². The fraction of sp³-hybridized carbons (Fsp3) is 0.444. The third-order valence-electron chi connectivity index (χ3n) is 2.90. The summed E-state index contributed by atoms with van der Waals surface area (Å²) in [6.07, 6.45) is 1.90. The van der Waals surface area contributed by atoms with Gasteiger partial charge in [-0.15, -0.1) is 0 Å². The summed E-state index contributed by atoms with van der Waals surface area (Å²) < 4.78 is 26.1. The molecule has 0 bridgehead atoms.